The number of aromatic nitrogens is 3. The topological polar surface area (TPSA) is 64.2 Å². The van der Waals surface area contributed by atoms with E-state index in [1.807, 2.05) is 11.5 Å². The zero-order chi connectivity index (χ0) is 20.0. The van der Waals surface area contributed by atoms with Crippen LogP contribution in [0.15, 0.2) is 32.7 Å². The van der Waals surface area contributed by atoms with Crippen LogP contribution in [0.4, 0.5) is 4.39 Å². The van der Waals surface area contributed by atoms with E-state index in [0.29, 0.717) is 11.5 Å². The monoisotopic (exact) mass is 414 g/mol. The molecule has 0 aliphatic carbocycles. The lowest BCUT2D eigenvalue weighted by atomic mass is 9.91. The molecular formula is C21H23FN4O2S. The van der Waals surface area contributed by atoms with E-state index < -0.39 is 0 Å². The van der Waals surface area contributed by atoms with Crippen molar-refractivity contribution >= 4 is 22.7 Å². The van der Waals surface area contributed by atoms with Crippen molar-refractivity contribution in [3.8, 4) is 0 Å². The molecule has 5 rings (SSSR count). The minimum Gasteiger partial charge on any atom is -0.356 e. The van der Waals surface area contributed by atoms with Crippen LogP contribution in [-0.4, -0.2) is 45.0 Å². The third-order valence-electron chi connectivity index (χ3n) is 6.09. The van der Waals surface area contributed by atoms with Crippen molar-refractivity contribution in [2.75, 3.05) is 25.4 Å². The molecule has 6 nitrogen and oxygen atoms in total. The molecule has 0 N–H and O–H groups in total. The van der Waals surface area contributed by atoms with E-state index in [1.54, 1.807) is 17.8 Å². The molecule has 2 aliphatic heterocycles. The number of aryl methyl sites for hydroxylation is 1. The molecule has 0 atom stereocenters. The number of halogens is 1. The summed E-state index contributed by atoms with van der Waals surface area (Å²) < 4.78 is 20.5. The molecule has 0 radical (unpaired) electrons. The third-order valence-corrected chi connectivity index (χ3v) is 7.05. The first kappa shape index (κ1) is 18.8. The zero-order valence-electron chi connectivity index (χ0n) is 16.4. The van der Waals surface area contributed by atoms with Gasteiger partial charge in [-0.2, -0.15) is 0 Å². The van der Waals surface area contributed by atoms with Crippen molar-refractivity contribution in [3.05, 3.63) is 51.3 Å². The Morgan fingerprint density at radius 1 is 1.28 bits per heavy atom. The highest BCUT2D eigenvalue weighted by molar-refractivity contribution is 7.99. The number of thioether (sulfide) groups is 1. The van der Waals surface area contributed by atoms with Gasteiger partial charge in [-0.3, -0.25) is 9.36 Å². The second kappa shape index (κ2) is 7.57. The summed E-state index contributed by atoms with van der Waals surface area (Å²) in [5.74, 6) is 0.951. The molecule has 0 unspecified atom stereocenters. The summed E-state index contributed by atoms with van der Waals surface area (Å²) in [6, 6.07) is 4.62. The number of rotatable bonds is 4. The fourth-order valence-corrected chi connectivity index (χ4v) is 5.41. The van der Waals surface area contributed by atoms with E-state index >= 15 is 0 Å². The lowest BCUT2D eigenvalue weighted by molar-refractivity contribution is 0.211. The van der Waals surface area contributed by atoms with Crippen LogP contribution < -0.4 is 5.56 Å². The Hall–Kier alpha value is -2.19. The van der Waals surface area contributed by atoms with E-state index in [0.717, 1.165) is 78.7 Å². The Morgan fingerprint density at radius 3 is 2.93 bits per heavy atom. The molecule has 1 aromatic carbocycles. The maximum absolute atomic E-state index is 13.4. The molecule has 2 aromatic heterocycles. The van der Waals surface area contributed by atoms with Crippen molar-refractivity contribution in [1.29, 1.82) is 0 Å². The van der Waals surface area contributed by atoms with Crippen LogP contribution in [0.3, 0.4) is 0 Å². The van der Waals surface area contributed by atoms with Crippen LogP contribution in [-0.2, 0) is 13.0 Å². The quantitative estimate of drug-likeness (QED) is 0.610. The lowest BCUT2D eigenvalue weighted by Crippen LogP contribution is -2.36. The predicted molar refractivity (Wildman–Crippen MR) is 110 cm³/mol. The summed E-state index contributed by atoms with van der Waals surface area (Å²) in [5.41, 5.74) is 3.30. The number of likely N-dealkylation sites (tertiary alicyclic amines) is 1. The second-order valence-corrected chi connectivity index (χ2v) is 8.90. The summed E-state index contributed by atoms with van der Waals surface area (Å²) in [6.45, 7) is 5.48. The van der Waals surface area contributed by atoms with Crippen LogP contribution in [0, 0.1) is 12.7 Å². The van der Waals surface area contributed by atoms with Crippen molar-refractivity contribution in [1.82, 2.24) is 19.6 Å². The van der Waals surface area contributed by atoms with Crippen LogP contribution in [0.2, 0.25) is 0 Å². The minimum absolute atomic E-state index is 0.133. The largest absolute Gasteiger partial charge is 0.356 e. The molecule has 2 aliphatic rings. The highest BCUT2D eigenvalue weighted by Crippen LogP contribution is 2.32. The first-order valence-corrected chi connectivity index (χ1v) is 11.1. The Kier molecular flexibility index (Phi) is 4.91. The number of hydrogen-bond donors (Lipinski definition) is 0. The summed E-state index contributed by atoms with van der Waals surface area (Å²) in [5, 5.41) is 5.99. The van der Waals surface area contributed by atoms with Gasteiger partial charge in [-0.1, -0.05) is 16.9 Å². The maximum atomic E-state index is 13.4. The highest BCUT2D eigenvalue weighted by atomic mass is 32.2. The number of hydrogen-bond acceptors (Lipinski definition) is 6. The van der Waals surface area contributed by atoms with Crippen molar-refractivity contribution in [2.45, 2.75) is 43.8 Å². The number of benzene rings is 1. The van der Waals surface area contributed by atoms with Crippen LogP contribution in [0.25, 0.3) is 11.0 Å². The van der Waals surface area contributed by atoms with Crippen LogP contribution in [0.5, 0.6) is 0 Å². The number of fused-ring (bicyclic) bond motifs is 2. The molecule has 1 fully saturated rings. The van der Waals surface area contributed by atoms with E-state index in [-0.39, 0.29) is 11.4 Å². The van der Waals surface area contributed by atoms with Crippen molar-refractivity contribution in [3.63, 3.8) is 0 Å². The summed E-state index contributed by atoms with van der Waals surface area (Å²) in [4.78, 5) is 19.8. The van der Waals surface area contributed by atoms with Gasteiger partial charge in [-0.15, -0.1) is 0 Å². The molecule has 0 amide bonds. The van der Waals surface area contributed by atoms with Gasteiger partial charge in [0.25, 0.3) is 5.56 Å². The minimum atomic E-state index is -0.305. The molecule has 0 saturated carbocycles. The molecule has 1 saturated heterocycles. The third kappa shape index (κ3) is 3.48. The molecule has 29 heavy (non-hydrogen) atoms. The van der Waals surface area contributed by atoms with Gasteiger partial charge in [-0.05, 0) is 51.4 Å². The van der Waals surface area contributed by atoms with Crippen molar-refractivity contribution in [2.24, 2.45) is 0 Å². The van der Waals surface area contributed by atoms with E-state index in [4.69, 9.17) is 4.52 Å². The molecule has 4 heterocycles. The van der Waals surface area contributed by atoms with Crippen LogP contribution in [0.1, 0.15) is 35.7 Å². The highest BCUT2D eigenvalue weighted by Gasteiger charge is 2.26. The van der Waals surface area contributed by atoms with E-state index in [9.17, 15) is 9.18 Å². The van der Waals surface area contributed by atoms with Crippen LogP contribution >= 0.6 is 11.8 Å². The Morgan fingerprint density at radius 2 is 2.10 bits per heavy atom. The SMILES string of the molecule is Cc1nc2n(c(=O)c1CCN1CCC(c3noc4cc(F)ccc34)CC1)CCS2. The Bertz CT molecular complexity index is 1120. The number of nitrogens with zero attached hydrogens (tertiary/aromatic N) is 4. The fraction of sp³-hybridized carbons (Fsp3) is 0.476. The molecule has 0 spiro atoms. The summed E-state index contributed by atoms with van der Waals surface area (Å²) in [7, 11) is 0. The first-order valence-electron chi connectivity index (χ1n) is 10.1. The van der Waals surface area contributed by atoms with Gasteiger partial charge in [0.1, 0.15) is 5.82 Å². The Labute approximate surface area is 172 Å². The summed E-state index contributed by atoms with van der Waals surface area (Å²) in [6.07, 6.45) is 2.70. The average molecular weight is 415 g/mol. The number of piperidine rings is 1. The maximum Gasteiger partial charge on any atom is 0.257 e. The first-order chi connectivity index (χ1) is 14.1. The average Bonchev–Trinajstić information content (AvgIpc) is 3.35. The van der Waals surface area contributed by atoms with Gasteiger partial charge in [0.05, 0.1) is 5.69 Å². The van der Waals surface area contributed by atoms with Gasteiger partial charge in [0, 0.05) is 47.5 Å². The molecule has 152 valence electrons. The van der Waals surface area contributed by atoms with E-state index in [2.05, 4.69) is 15.0 Å². The fourth-order valence-electron chi connectivity index (χ4n) is 4.42. The van der Waals surface area contributed by atoms with Crippen molar-refractivity contribution < 1.29 is 8.91 Å². The predicted octanol–water partition coefficient (Wildman–Crippen LogP) is 3.36. The standard InChI is InChI=1S/C21H23FN4O2S/c1-13-16(20(27)26-10-11-29-21(26)23-13)6-9-25-7-4-14(5-8-25)19-17-3-2-15(22)12-18(17)28-24-19/h2-3,12,14H,4-11H2,1H3. The smallest absolute Gasteiger partial charge is 0.257 e. The molecule has 0 bridgehead atoms. The normalized spacial score (nSPS) is 17.9. The second-order valence-electron chi connectivity index (χ2n) is 7.84. The Balaban J connectivity index is 1.23. The van der Waals surface area contributed by atoms with E-state index in [1.165, 1.54) is 12.1 Å². The van der Waals surface area contributed by atoms with Gasteiger partial charge in [0.2, 0.25) is 0 Å². The molecular weight excluding hydrogens is 391 g/mol. The van der Waals surface area contributed by atoms with Gasteiger partial charge in [-0.25, -0.2) is 9.37 Å². The molecule has 3 aromatic rings. The summed E-state index contributed by atoms with van der Waals surface area (Å²) >= 11 is 1.66. The van der Waals surface area contributed by atoms with Gasteiger partial charge >= 0.3 is 0 Å². The molecule has 8 heteroatoms. The lowest BCUT2D eigenvalue weighted by Gasteiger charge is -2.31. The van der Waals surface area contributed by atoms with Gasteiger partial charge < -0.3 is 9.42 Å². The zero-order valence-corrected chi connectivity index (χ0v) is 17.2. The van der Waals surface area contributed by atoms with Gasteiger partial charge in [0.15, 0.2) is 10.7 Å².